The van der Waals surface area contributed by atoms with Crippen molar-refractivity contribution in [1.29, 1.82) is 0 Å². The van der Waals surface area contributed by atoms with Gasteiger partial charge in [0.2, 0.25) is 5.76 Å². The van der Waals surface area contributed by atoms with Gasteiger partial charge in [0, 0.05) is 37.4 Å². The molecule has 10 atom stereocenters. The predicted octanol–water partition coefficient (Wildman–Crippen LogP) is 2.65. The molecule has 1 aliphatic carbocycles. The van der Waals surface area contributed by atoms with E-state index in [-0.39, 0.29) is 41.1 Å². The Morgan fingerprint density at radius 1 is 1.24 bits per heavy atom. The van der Waals surface area contributed by atoms with Crippen molar-refractivity contribution >= 4 is 11.7 Å². The van der Waals surface area contributed by atoms with E-state index in [9.17, 15) is 15.0 Å². The lowest BCUT2D eigenvalue weighted by molar-refractivity contribution is -1.05. The van der Waals surface area contributed by atoms with E-state index < -0.39 is 18.3 Å². The number of esters is 1. The third kappa shape index (κ3) is 2.10. The van der Waals surface area contributed by atoms with E-state index in [4.69, 9.17) is 9.15 Å². The summed E-state index contributed by atoms with van der Waals surface area (Å²) in [5, 5.41) is 24.1. The molecule has 7 nitrogen and oxygen atoms in total. The molecule has 2 aromatic rings. The number of carbonyl (C=O) groups excluding carboxylic acids is 1. The van der Waals surface area contributed by atoms with Crippen LogP contribution in [0, 0.1) is 17.8 Å². The molecule has 5 bridgehead atoms. The number of aliphatic hydroxyl groups excluding tert-OH is 2. The van der Waals surface area contributed by atoms with Crippen molar-refractivity contribution < 1.29 is 28.6 Å². The molecule has 6 aliphatic rings. The summed E-state index contributed by atoms with van der Waals surface area (Å²) < 4.78 is 11.3. The van der Waals surface area contributed by atoms with Crippen LogP contribution in [0.5, 0.6) is 0 Å². The van der Waals surface area contributed by atoms with E-state index in [0.29, 0.717) is 22.7 Å². The molecule has 5 aliphatic heterocycles. The zero-order valence-electron chi connectivity index (χ0n) is 19.9. The summed E-state index contributed by atoms with van der Waals surface area (Å²) in [6.45, 7) is 2.69. The van der Waals surface area contributed by atoms with E-state index >= 15 is 0 Å². The molecule has 6 heterocycles. The number of nitrogens with zero attached hydrogens (tertiary/aromatic N) is 2. The molecule has 1 spiro atoms. The number of carbonyl (C=O) groups is 1. The van der Waals surface area contributed by atoms with Gasteiger partial charge in [-0.1, -0.05) is 25.1 Å². The van der Waals surface area contributed by atoms with Crippen LogP contribution < -0.4 is 4.90 Å². The van der Waals surface area contributed by atoms with Crippen molar-refractivity contribution in [2.75, 3.05) is 19.1 Å². The lowest BCUT2D eigenvalue weighted by Crippen LogP contribution is -2.82. The van der Waals surface area contributed by atoms with Gasteiger partial charge in [-0.3, -0.25) is 4.48 Å². The van der Waals surface area contributed by atoms with Crippen LogP contribution in [0.15, 0.2) is 40.8 Å². The van der Waals surface area contributed by atoms with Crippen LogP contribution in [-0.4, -0.2) is 65.3 Å². The van der Waals surface area contributed by atoms with E-state index in [1.54, 1.807) is 6.07 Å². The molecule has 2 N–H and O–H groups in total. The fourth-order valence-electron chi connectivity index (χ4n) is 9.65. The first-order chi connectivity index (χ1) is 16.4. The summed E-state index contributed by atoms with van der Waals surface area (Å²) in [6.07, 6.45) is 1.83. The molecule has 0 unspecified atom stereocenters. The second-order valence-corrected chi connectivity index (χ2v) is 11.3. The molecule has 1 aromatic carbocycles. The van der Waals surface area contributed by atoms with Gasteiger partial charge in [0.1, 0.15) is 12.6 Å². The van der Waals surface area contributed by atoms with Crippen LogP contribution in [0.1, 0.15) is 48.1 Å². The third-order valence-electron chi connectivity index (χ3n) is 10.6. The van der Waals surface area contributed by atoms with Crippen molar-refractivity contribution in [3.63, 3.8) is 0 Å². The van der Waals surface area contributed by atoms with E-state index in [1.807, 2.05) is 6.07 Å². The zero-order valence-corrected chi connectivity index (χ0v) is 19.9. The summed E-state index contributed by atoms with van der Waals surface area (Å²) in [4.78, 5) is 14.4. The van der Waals surface area contributed by atoms with Gasteiger partial charge in [0.15, 0.2) is 12.0 Å². The normalized spacial score (nSPS) is 44.9. The van der Waals surface area contributed by atoms with Crippen LogP contribution in [0.25, 0.3) is 0 Å². The smallest absolute Gasteiger partial charge is 0.373 e. The number of fused-ring (bicyclic) bond motifs is 2. The van der Waals surface area contributed by atoms with Gasteiger partial charge < -0.3 is 24.3 Å². The summed E-state index contributed by atoms with van der Waals surface area (Å²) in [5.74, 6) is 1.04. The monoisotopic (exact) mass is 465 g/mol. The number of piperidine rings is 4. The van der Waals surface area contributed by atoms with Crippen molar-refractivity contribution in [3.8, 4) is 0 Å². The lowest BCUT2D eigenvalue weighted by atomic mass is 9.60. The highest BCUT2D eigenvalue weighted by molar-refractivity contribution is 5.86. The summed E-state index contributed by atoms with van der Waals surface area (Å²) in [6, 6.07) is 12.6. The molecule has 180 valence electrons. The number of anilines is 1. The standard InChI is InChI=1S/C27H33N2O5/c1-4-15-16-11-19-23-27(17-7-5-6-8-18(17)28(23)2)12-20(22(16)24(27)30)29(19,25(15)31)13-14-9-10-21(34-14)26(32)33-3/h5-10,15-16,19-20,22-25,30-31H,4,11-13H2,1-3H3/q+1/t15-,16-,19-,20-,22-,23-,24-,25+,27-,29-/m0/s1. The molecule has 1 aromatic heterocycles. The Morgan fingerprint density at radius 3 is 2.79 bits per heavy atom. The van der Waals surface area contributed by atoms with Gasteiger partial charge in [0.25, 0.3) is 0 Å². The molecule has 7 heteroatoms. The van der Waals surface area contributed by atoms with Crippen LogP contribution >= 0.6 is 0 Å². The Morgan fingerprint density at radius 2 is 2.03 bits per heavy atom. The summed E-state index contributed by atoms with van der Waals surface area (Å²) in [5.41, 5.74) is 2.20. The minimum Gasteiger partial charge on any atom is -0.463 e. The van der Waals surface area contributed by atoms with Crippen LogP contribution in [0.3, 0.4) is 0 Å². The van der Waals surface area contributed by atoms with Crippen molar-refractivity contribution in [3.05, 3.63) is 53.5 Å². The SMILES string of the molecule is CC[C@H]1[C@@H]2C[C@H]3[C@@H]4N(C)c5ccccc5[C@@]45C[C@@H]([C@H]2[C@@H]5O)[N@@+]3(Cc2ccc(C(=O)OC)o2)[C@@H]1O. The predicted molar refractivity (Wildman–Crippen MR) is 124 cm³/mol. The number of quaternary nitrogens is 1. The molecular formula is C27H33N2O5+. The highest BCUT2D eigenvalue weighted by atomic mass is 16.5. The molecule has 4 saturated heterocycles. The Bertz CT molecular complexity index is 1180. The second kappa shape index (κ2) is 6.65. The number of furan rings is 1. The quantitative estimate of drug-likeness (QED) is 0.534. The van der Waals surface area contributed by atoms with Crippen LogP contribution in [0.2, 0.25) is 0 Å². The maximum Gasteiger partial charge on any atom is 0.373 e. The number of methoxy groups -OCH3 is 1. The summed E-state index contributed by atoms with van der Waals surface area (Å²) >= 11 is 0. The number of aliphatic hydroxyl groups is 2. The third-order valence-corrected chi connectivity index (χ3v) is 10.6. The van der Waals surface area contributed by atoms with Crippen LogP contribution in [-0.2, 0) is 16.7 Å². The summed E-state index contributed by atoms with van der Waals surface area (Å²) in [7, 11) is 3.51. The number of rotatable bonds is 4. The van der Waals surface area contributed by atoms with Gasteiger partial charge in [-0.05, 0) is 36.1 Å². The van der Waals surface area contributed by atoms with E-state index in [1.165, 1.54) is 18.4 Å². The largest absolute Gasteiger partial charge is 0.463 e. The first kappa shape index (κ1) is 21.0. The lowest BCUT2D eigenvalue weighted by Gasteiger charge is -2.67. The Hall–Kier alpha value is -2.35. The molecule has 5 fully saturated rings. The molecule has 0 radical (unpaired) electrons. The Kier molecular flexibility index (Phi) is 4.10. The van der Waals surface area contributed by atoms with Crippen molar-refractivity contribution in [2.24, 2.45) is 17.8 Å². The first-order valence-electron chi connectivity index (χ1n) is 12.6. The highest BCUT2D eigenvalue weighted by Gasteiger charge is 2.83. The number of hydrogen-bond donors (Lipinski definition) is 2. The Labute approximate surface area is 199 Å². The molecule has 1 saturated carbocycles. The van der Waals surface area contributed by atoms with Crippen LogP contribution in [0.4, 0.5) is 5.69 Å². The van der Waals surface area contributed by atoms with E-state index in [0.717, 1.165) is 19.3 Å². The van der Waals surface area contributed by atoms with Crippen molar-refractivity contribution in [2.45, 2.75) is 68.6 Å². The highest BCUT2D eigenvalue weighted by Crippen LogP contribution is 2.71. The molecule has 8 rings (SSSR count). The molecule has 34 heavy (non-hydrogen) atoms. The van der Waals surface area contributed by atoms with Gasteiger partial charge >= 0.3 is 5.97 Å². The maximum absolute atomic E-state index is 12.1. The van der Waals surface area contributed by atoms with Gasteiger partial charge in [-0.25, -0.2) is 4.79 Å². The number of likely N-dealkylation sites (N-methyl/N-ethyl adjacent to an activating group) is 1. The zero-order chi connectivity index (χ0) is 23.6. The van der Waals surface area contributed by atoms with E-state index in [2.05, 4.69) is 43.1 Å². The second-order valence-electron chi connectivity index (χ2n) is 11.3. The fourth-order valence-corrected chi connectivity index (χ4v) is 9.65. The first-order valence-corrected chi connectivity index (χ1v) is 12.6. The topological polar surface area (TPSA) is 83.1 Å². The van der Waals surface area contributed by atoms with Gasteiger partial charge in [0.05, 0.1) is 30.7 Å². The Balaban J connectivity index is 1.41. The number of para-hydroxylation sites is 1. The minimum atomic E-state index is -0.512. The molecule has 0 amide bonds. The molecular weight excluding hydrogens is 432 g/mol. The minimum absolute atomic E-state index is 0.119. The number of benzene rings is 1. The van der Waals surface area contributed by atoms with Gasteiger partial charge in [-0.15, -0.1) is 0 Å². The average Bonchev–Trinajstić information content (AvgIpc) is 3.47. The fraction of sp³-hybridized carbons (Fsp3) is 0.593. The van der Waals surface area contributed by atoms with Crippen molar-refractivity contribution in [1.82, 2.24) is 0 Å². The number of hydrogen-bond acceptors (Lipinski definition) is 6. The van der Waals surface area contributed by atoms with Gasteiger partial charge in [-0.2, -0.15) is 0 Å². The number of ether oxygens (including phenoxy) is 1. The maximum atomic E-state index is 12.1. The average molecular weight is 466 g/mol.